The van der Waals surface area contributed by atoms with Gasteiger partial charge in [-0.25, -0.2) is 22.0 Å². The molecule has 0 aromatic heterocycles. The average molecular weight is 444 g/mol. The topological polar surface area (TPSA) is 119 Å². The van der Waals surface area contributed by atoms with E-state index in [1.165, 1.54) is 24.3 Å². The third-order valence-electron chi connectivity index (χ3n) is 4.32. The molecule has 0 aliphatic rings. The van der Waals surface area contributed by atoms with Crippen molar-refractivity contribution >= 4 is 31.3 Å². The molecule has 0 bridgehead atoms. The maximum absolute atomic E-state index is 12.9. The molecule has 0 amide bonds. The molecule has 0 unspecified atom stereocenters. The Morgan fingerprint density at radius 1 is 0.833 bits per heavy atom. The van der Waals surface area contributed by atoms with E-state index in [2.05, 4.69) is 10.5 Å². The van der Waals surface area contributed by atoms with Gasteiger partial charge in [-0.15, -0.1) is 0 Å². The first kappa shape index (κ1) is 21.7. The summed E-state index contributed by atoms with van der Waals surface area (Å²) in [7, 11) is -7.42. The average Bonchev–Trinajstić information content (AvgIpc) is 2.72. The molecule has 156 valence electrons. The van der Waals surface area contributed by atoms with Crippen LogP contribution in [0.5, 0.6) is 0 Å². The first-order valence-electron chi connectivity index (χ1n) is 8.95. The van der Waals surface area contributed by atoms with E-state index >= 15 is 0 Å². The SMILES string of the molecule is Cc1ccc(S(=O)(=O)C/C(=N\Nc2ccc(S(N)(=O)=O)cc2)c2ccccc2)cc1. The number of nitrogens with two attached hydrogens (primary N) is 1. The molecular formula is C21H21N3O4S2. The fourth-order valence-corrected chi connectivity index (χ4v) is 4.49. The summed E-state index contributed by atoms with van der Waals surface area (Å²) in [5, 5.41) is 9.39. The van der Waals surface area contributed by atoms with Gasteiger partial charge in [-0.1, -0.05) is 48.0 Å². The van der Waals surface area contributed by atoms with E-state index in [-0.39, 0.29) is 15.5 Å². The molecule has 9 heteroatoms. The number of hydrogen-bond acceptors (Lipinski definition) is 6. The Bertz CT molecular complexity index is 1250. The molecule has 30 heavy (non-hydrogen) atoms. The number of benzene rings is 3. The highest BCUT2D eigenvalue weighted by atomic mass is 32.2. The third-order valence-corrected chi connectivity index (χ3v) is 6.89. The van der Waals surface area contributed by atoms with Crippen LogP contribution in [-0.2, 0) is 19.9 Å². The number of nitrogens with zero attached hydrogens (tertiary/aromatic N) is 1. The zero-order valence-corrected chi connectivity index (χ0v) is 17.8. The van der Waals surface area contributed by atoms with Crippen LogP contribution in [0.1, 0.15) is 11.1 Å². The zero-order valence-electron chi connectivity index (χ0n) is 16.2. The van der Waals surface area contributed by atoms with Crippen LogP contribution in [0.25, 0.3) is 0 Å². The Kier molecular flexibility index (Phi) is 6.35. The predicted octanol–water partition coefficient (Wildman–Crippen LogP) is 2.93. The van der Waals surface area contributed by atoms with Gasteiger partial charge in [0, 0.05) is 0 Å². The predicted molar refractivity (Wildman–Crippen MR) is 118 cm³/mol. The van der Waals surface area contributed by atoms with Crippen molar-refractivity contribution in [2.75, 3.05) is 11.2 Å². The molecule has 0 aliphatic heterocycles. The largest absolute Gasteiger partial charge is 0.278 e. The van der Waals surface area contributed by atoms with Gasteiger partial charge in [0.1, 0.15) is 0 Å². The molecule has 3 aromatic rings. The maximum Gasteiger partial charge on any atom is 0.238 e. The number of hydrogen-bond donors (Lipinski definition) is 2. The van der Waals surface area contributed by atoms with Crippen LogP contribution in [0, 0.1) is 6.92 Å². The quantitative estimate of drug-likeness (QED) is 0.430. The second-order valence-corrected chi connectivity index (χ2v) is 10.2. The summed E-state index contributed by atoms with van der Waals surface area (Å²) in [5.41, 5.74) is 5.23. The monoisotopic (exact) mass is 443 g/mol. The summed E-state index contributed by atoms with van der Waals surface area (Å²) in [6.45, 7) is 1.89. The van der Waals surface area contributed by atoms with Crippen molar-refractivity contribution in [3.05, 3.63) is 90.0 Å². The lowest BCUT2D eigenvalue weighted by molar-refractivity contribution is 0.596. The van der Waals surface area contributed by atoms with Crippen molar-refractivity contribution in [3.8, 4) is 0 Å². The van der Waals surface area contributed by atoms with Gasteiger partial charge in [0.25, 0.3) is 0 Å². The third kappa shape index (κ3) is 5.53. The molecule has 0 saturated heterocycles. The van der Waals surface area contributed by atoms with E-state index in [1.807, 2.05) is 13.0 Å². The molecule has 0 heterocycles. The van der Waals surface area contributed by atoms with Crippen LogP contribution in [0.3, 0.4) is 0 Å². The Morgan fingerprint density at radius 3 is 1.97 bits per heavy atom. The second kappa shape index (κ2) is 8.78. The molecule has 0 radical (unpaired) electrons. The van der Waals surface area contributed by atoms with Gasteiger partial charge < -0.3 is 0 Å². The molecule has 0 saturated carbocycles. The Morgan fingerprint density at radius 2 is 1.40 bits per heavy atom. The van der Waals surface area contributed by atoms with E-state index in [1.54, 1.807) is 48.5 Å². The minimum Gasteiger partial charge on any atom is -0.278 e. The molecule has 0 aliphatic carbocycles. The van der Waals surface area contributed by atoms with Crippen LogP contribution in [0.4, 0.5) is 5.69 Å². The van der Waals surface area contributed by atoms with Gasteiger partial charge in [-0.05, 0) is 48.9 Å². The lowest BCUT2D eigenvalue weighted by Gasteiger charge is -2.10. The normalized spacial score (nSPS) is 12.5. The first-order chi connectivity index (χ1) is 14.1. The zero-order chi connectivity index (χ0) is 21.8. The maximum atomic E-state index is 12.9. The summed E-state index contributed by atoms with van der Waals surface area (Å²) in [4.78, 5) is 0.191. The number of sulfonamides is 1. The number of primary sulfonamides is 1. The molecule has 0 fully saturated rings. The van der Waals surface area contributed by atoms with Crippen molar-refractivity contribution in [1.29, 1.82) is 0 Å². The Balaban J connectivity index is 1.90. The van der Waals surface area contributed by atoms with Crippen LogP contribution in [-0.4, -0.2) is 28.3 Å². The number of nitrogens with one attached hydrogen (secondary N) is 1. The fourth-order valence-electron chi connectivity index (χ4n) is 2.67. The van der Waals surface area contributed by atoms with Crippen molar-refractivity contribution in [3.63, 3.8) is 0 Å². The van der Waals surface area contributed by atoms with Crippen LogP contribution in [0.2, 0.25) is 0 Å². The minimum absolute atomic E-state index is 0.0257. The highest BCUT2D eigenvalue weighted by Gasteiger charge is 2.19. The van der Waals surface area contributed by atoms with E-state index in [4.69, 9.17) is 5.14 Å². The Labute approximate surface area is 176 Å². The molecular weight excluding hydrogens is 422 g/mol. The Hall–Kier alpha value is -3.01. The standard InChI is InChI=1S/C21H21N3O4S2/c1-16-7-11-19(12-8-16)29(25,26)15-21(17-5-3-2-4-6-17)24-23-18-9-13-20(14-10-18)30(22,27)28/h2-14,23H,15H2,1H3,(H2,22,27,28)/b24-21+. The number of hydrazone groups is 1. The van der Waals surface area contributed by atoms with Crippen LogP contribution >= 0.6 is 0 Å². The minimum atomic E-state index is -3.79. The number of aryl methyl sites for hydroxylation is 1. The van der Waals surface area contributed by atoms with Crippen LogP contribution in [0.15, 0.2) is 93.8 Å². The number of rotatable bonds is 7. The first-order valence-corrected chi connectivity index (χ1v) is 12.2. The molecule has 3 N–H and O–H groups in total. The van der Waals surface area contributed by atoms with E-state index in [0.29, 0.717) is 17.0 Å². The molecule has 0 atom stereocenters. The summed E-state index contributed by atoms with van der Waals surface area (Å²) < 4.78 is 48.6. The van der Waals surface area contributed by atoms with Gasteiger partial charge >= 0.3 is 0 Å². The number of anilines is 1. The van der Waals surface area contributed by atoms with Gasteiger partial charge in [0.05, 0.1) is 26.9 Å². The molecule has 7 nitrogen and oxygen atoms in total. The van der Waals surface area contributed by atoms with E-state index < -0.39 is 19.9 Å². The lowest BCUT2D eigenvalue weighted by atomic mass is 10.1. The molecule has 3 aromatic carbocycles. The fraction of sp³-hybridized carbons (Fsp3) is 0.0952. The van der Waals surface area contributed by atoms with Gasteiger partial charge in [0.2, 0.25) is 10.0 Å². The van der Waals surface area contributed by atoms with E-state index in [0.717, 1.165) is 5.56 Å². The highest BCUT2D eigenvalue weighted by Crippen LogP contribution is 2.16. The summed E-state index contributed by atoms with van der Waals surface area (Å²) in [6, 6.07) is 21.3. The summed E-state index contributed by atoms with van der Waals surface area (Å²) in [6.07, 6.45) is 0. The van der Waals surface area contributed by atoms with E-state index in [9.17, 15) is 16.8 Å². The van der Waals surface area contributed by atoms with Crippen molar-refractivity contribution in [1.82, 2.24) is 0 Å². The lowest BCUT2D eigenvalue weighted by Crippen LogP contribution is -2.19. The summed E-state index contributed by atoms with van der Waals surface area (Å²) in [5.74, 6) is -0.303. The molecule has 3 rings (SSSR count). The van der Waals surface area contributed by atoms with Gasteiger partial charge in [0.15, 0.2) is 9.84 Å². The van der Waals surface area contributed by atoms with Crippen LogP contribution < -0.4 is 10.6 Å². The highest BCUT2D eigenvalue weighted by molar-refractivity contribution is 7.92. The summed E-state index contributed by atoms with van der Waals surface area (Å²) >= 11 is 0. The number of sulfone groups is 1. The molecule has 0 spiro atoms. The smallest absolute Gasteiger partial charge is 0.238 e. The van der Waals surface area contributed by atoms with Gasteiger partial charge in [-0.2, -0.15) is 5.10 Å². The second-order valence-electron chi connectivity index (χ2n) is 6.68. The van der Waals surface area contributed by atoms with Crippen molar-refractivity contribution < 1.29 is 16.8 Å². The van der Waals surface area contributed by atoms with Crippen molar-refractivity contribution in [2.24, 2.45) is 10.2 Å². The van der Waals surface area contributed by atoms with Crippen molar-refractivity contribution in [2.45, 2.75) is 16.7 Å². The van der Waals surface area contributed by atoms with Gasteiger partial charge in [-0.3, -0.25) is 5.43 Å².